The van der Waals surface area contributed by atoms with E-state index >= 15 is 0 Å². The molecule has 2 atom stereocenters. The smallest absolute Gasteiger partial charge is 0.252 e. The van der Waals surface area contributed by atoms with Gasteiger partial charge in [0.1, 0.15) is 5.60 Å². The van der Waals surface area contributed by atoms with E-state index in [1.54, 1.807) is 25.1 Å². The molecule has 0 aliphatic carbocycles. The monoisotopic (exact) mass is 328 g/mol. The second-order valence-electron chi connectivity index (χ2n) is 4.76. The van der Waals surface area contributed by atoms with Gasteiger partial charge in [0.05, 0.1) is 16.1 Å². The third kappa shape index (κ3) is 2.91. The average Bonchev–Trinajstić information content (AvgIpc) is 2.71. The van der Waals surface area contributed by atoms with Gasteiger partial charge in [-0.15, -0.1) is 0 Å². The van der Waals surface area contributed by atoms with Crippen LogP contribution >= 0.6 is 15.9 Å². The van der Waals surface area contributed by atoms with E-state index in [-0.39, 0.29) is 18.6 Å². The minimum atomic E-state index is -0.998. The Morgan fingerprint density at radius 1 is 1.68 bits per heavy atom. The molecular formula is C13H17BrN2O3. The molecule has 2 rings (SSSR count). The van der Waals surface area contributed by atoms with Crippen molar-refractivity contribution in [3.63, 3.8) is 0 Å². The Balaban J connectivity index is 2.04. The molecular weight excluding hydrogens is 312 g/mol. The lowest BCUT2D eigenvalue weighted by Gasteiger charge is -2.26. The molecule has 1 aromatic rings. The third-order valence-electron chi connectivity index (χ3n) is 3.49. The zero-order valence-electron chi connectivity index (χ0n) is 10.6. The van der Waals surface area contributed by atoms with Crippen LogP contribution < -0.4 is 11.1 Å². The zero-order chi connectivity index (χ0) is 14.0. The van der Waals surface area contributed by atoms with Crippen molar-refractivity contribution in [2.75, 3.05) is 18.9 Å². The topological polar surface area (TPSA) is 84.6 Å². The maximum absolute atomic E-state index is 12.1. The molecule has 0 bridgehead atoms. The van der Waals surface area contributed by atoms with Gasteiger partial charge in [0.25, 0.3) is 5.91 Å². The van der Waals surface area contributed by atoms with E-state index in [4.69, 9.17) is 10.5 Å². The van der Waals surface area contributed by atoms with Gasteiger partial charge in [-0.25, -0.2) is 0 Å². The number of hydrogen-bond donors (Lipinski definition) is 3. The molecule has 6 heteroatoms. The van der Waals surface area contributed by atoms with Crippen molar-refractivity contribution in [3.05, 3.63) is 28.2 Å². The maximum Gasteiger partial charge on any atom is 0.252 e. The van der Waals surface area contributed by atoms with Gasteiger partial charge in [0.2, 0.25) is 0 Å². The number of carbonyl (C=O) groups is 1. The van der Waals surface area contributed by atoms with Crippen molar-refractivity contribution >= 4 is 27.5 Å². The predicted octanol–water partition coefficient (Wildman–Crippen LogP) is 1.30. The summed E-state index contributed by atoms with van der Waals surface area (Å²) in [6.45, 7) is 2.47. The number of anilines is 1. The van der Waals surface area contributed by atoms with Gasteiger partial charge >= 0.3 is 0 Å². The molecule has 1 aliphatic heterocycles. The SMILES string of the molecule is CC1OCCC1(O)CNC(=O)c1cccc(N)c1Br. The molecule has 1 saturated heterocycles. The molecule has 1 heterocycles. The molecule has 0 aromatic heterocycles. The Hall–Kier alpha value is -1.11. The molecule has 0 spiro atoms. The Labute approximate surface area is 120 Å². The second kappa shape index (κ2) is 5.48. The van der Waals surface area contributed by atoms with Gasteiger partial charge in [-0.3, -0.25) is 4.79 Å². The Bertz CT molecular complexity index is 495. The van der Waals surface area contributed by atoms with E-state index in [0.29, 0.717) is 28.8 Å². The van der Waals surface area contributed by atoms with Crippen molar-refractivity contribution in [2.45, 2.75) is 25.0 Å². The molecule has 0 radical (unpaired) electrons. The third-order valence-corrected chi connectivity index (χ3v) is 4.37. The number of hydrogen-bond acceptors (Lipinski definition) is 4. The summed E-state index contributed by atoms with van der Waals surface area (Å²) in [5.41, 5.74) is 5.69. The van der Waals surface area contributed by atoms with E-state index in [1.807, 2.05) is 0 Å². The minimum absolute atomic E-state index is 0.161. The van der Waals surface area contributed by atoms with Crippen LogP contribution in [0.4, 0.5) is 5.69 Å². The van der Waals surface area contributed by atoms with Crippen LogP contribution in [-0.4, -0.2) is 35.9 Å². The van der Waals surface area contributed by atoms with Crippen molar-refractivity contribution in [1.82, 2.24) is 5.32 Å². The van der Waals surface area contributed by atoms with Crippen molar-refractivity contribution in [2.24, 2.45) is 0 Å². The first-order chi connectivity index (χ1) is 8.94. The van der Waals surface area contributed by atoms with Gasteiger partial charge in [-0.2, -0.15) is 0 Å². The van der Waals surface area contributed by atoms with Gasteiger partial charge in [-0.1, -0.05) is 6.07 Å². The highest BCUT2D eigenvalue weighted by Gasteiger charge is 2.39. The molecule has 1 aromatic carbocycles. The summed E-state index contributed by atoms with van der Waals surface area (Å²) in [4.78, 5) is 12.1. The van der Waals surface area contributed by atoms with E-state index < -0.39 is 5.60 Å². The largest absolute Gasteiger partial charge is 0.398 e. The highest BCUT2D eigenvalue weighted by atomic mass is 79.9. The molecule has 0 saturated carbocycles. The van der Waals surface area contributed by atoms with Crippen LogP contribution in [0, 0.1) is 0 Å². The molecule has 1 amide bonds. The molecule has 5 nitrogen and oxygen atoms in total. The van der Waals surface area contributed by atoms with Crippen LogP contribution in [0.2, 0.25) is 0 Å². The van der Waals surface area contributed by atoms with E-state index in [1.165, 1.54) is 0 Å². The van der Waals surface area contributed by atoms with Crippen LogP contribution in [0.1, 0.15) is 23.7 Å². The fourth-order valence-electron chi connectivity index (χ4n) is 2.06. The lowest BCUT2D eigenvalue weighted by molar-refractivity contribution is -0.0251. The Morgan fingerprint density at radius 3 is 3.05 bits per heavy atom. The number of amides is 1. The lowest BCUT2D eigenvalue weighted by atomic mass is 9.96. The summed E-state index contributed by atoms with van der Waals surface area (Å²) in [5, 5.41) is 13.0. The Kier molecular flexibility index (Phi) is 4.13. The number of halogens is 1. The summed E-state index contributed by atoms with van der Waals surface area (Å²) >= 11 is 3.29. The summed E-state index contributed by atoms with van der Waals surface area (Å²) in [7, 11) is 0. The molecule has 104 valence electrons. The molecule has 2 unspecified atom stereocenters. The minimum Gasteiger partial charge on any atom is -0.398 e. The van der Waals surface area contributed by atoms with Crippen molar-refractivity contribution in [1.29, 1.82) is 0 Å². The summed E-state index contributed by atoms with van der Waals surface area (Å²) in [6, 6.07) is 5.10. The van der Waals surface area contributed by atoms with Crippen LogP contribution in [0.25, 0.3) is 0 Å². The summed E-state index contributed by atoms with van der Waals surface area (Å²) in [5.74, 6) is -0.272. The molecule has 1 aliphatic rings. The second-order valence-corrected chi connectivity index (χ2v) is 5.55. The maximum atomic E-state index is 12.1. The first-order valence-corrected chi connectivity index (χ1v) is 6.89. The summed E-state index contributed by atoms with van der Waals surface area (Å²) < 4.78 is 5.88. The average molecular weight is 329 g/mol. The van der Waals surface area contributed by atoms with Crippen LogP contribution in [0.5, 0.6) is 0 Å². The van der Waals surface area contributed by atoms with Gasteiger partial charge in [0.15, 0.2) is 0 Å². The number of rotatable bonds is 3. The van der Waals surface area contributed by atoms with Crippen LogP contribution in [0.15, 0.2) is 22.7 Å². The summed E-state index contributed by atoms with van der Waals surface area (Å²) in [6.07, 6.45) is 0.240. The number of aliphatic hydroxyl groups is 1. The first-order valence-electron chi connectivity index (χ1n) is 6.10. The highest BCUT2D eigenvalue weighted by Crippen LogP contribution is 2.26. The zero-order valence-corrected chi connectivity index (χ0v) is 12.2. The van der Waals surface area contributed by atoms with E-state index in [0.717, 1.165) is 0 Å². The van der Waals surface area contributed by atoms with Crippen LogP contribution in [0.3, 0.4) is 0 Å². The van der Waals surface area contributed by atoms with Crippen LogP contribution in [-0.2, 0) is 4.74 Å². The standard InChI is InChI=1S/C13H17BrN2O3/c1-8-13(18,5-6-19-8)7-16-12(17)9-3-2-4-10(15)11(9)14/h2-4,8,18H,5-7,15H2,1H3,(H,16,17). The van der Waals surface area contributed by atoms with E-state index in [2.05, 4.69) is 21.2 Å². The van der Waals surface area contributed by atoms with Gasteiger partial charge in [-0.05, 0) is 35.0 Å². The highest BCUT2D eigenvalue weighted by molar-refractivity contribution is 9.10. The lowest BCUT2D eigenvalue weighted by Crippen LogP contribution is -2.47. The first kappa shape index (κ1) is 14.3. The number of nitrogens with two attached hydrogens (primary N) is 1. The van der Waals surface area contributed by atoms with Crippen molar-refractivity contribution < 1.29 is 14.6 Å². The number of carbonyl (C=O) groups excluding carboxylic acids is 1. The quantitative estimate of drug-likeness (QED) is 0.730. The number of ether oxygens (including phenoxy) is 1. The number of benzene rings is 1. The molecule has 4 N–H and O–H groups in total. The molecule has 1 fully saturated rings. The van der Waals surface area contributed by atoms with Crippen molar-refractivity contribution in [3.8, 4) is 0 Å². The molecule has 19 heavy (non-hydrogen) atoms. The van der Waals surface area contributed by atoms with Gasteiger partial charge in [0, 0.05) is 25.3 Å². The number of nitrogens with one attached hydrogen (secondary N) is 1. The predicted molar refractivity (Wildman–Crippen MR) is 75.9 cm³/mol. The normalized spacial score (nSPS) is 26.4. The number of nitrogen functional groups attached to an aromatic ring is 1. The Morgan fingerprint density at radius 2 is 2.42 bits per heavy atom. The van der Waals surface area contributed by atoms with Gasteiger partial charge < -0.3 is 20.9 Å². The fraction of sp³-hybridized carbons (Fsp3) is 0.462. The van der Waals surface area contributed by atoms with E-state index in [9.17, 15) is 9.90 Å². The fourth-order valence-corrected chi connectivity index (χ4v) is 2.50.